The van der Waals surface area contributed by atoms with Crippen molar-refractivity contribution in [1.29, 1.82) is 0 Å². The molecule has 0 bridgehead atoms. The van der Waals surface area contributed by atoms with Crippen molar-refractivity contribution in [2.24, 2.45) is 0 Å². The van der Waals surface area contributed by atoms with Crippen LogP contribution in [0.1, 0.15) is 11.1 Å². The van der Waals surface area contributed by atoms with Gasteiger partial charge in [0.15, 0.2) is 11.3 Å². The van der Waals surface area contributed by atoms with Crippen molar-refractivity contribution >= 4 is 104 Å². The lowest BCUT2D eigenvalue weighted by Gasteiger charge is -2.18. The maximum Gasteiger partial charge on any atom is 0.165 e. The minimum absolute atomic E-state index is 0.782. The van der Waals surface area contributed by atoms with E-state index in [1.165, 1.54) is 32.3 Å². The molecule has 0 unspecified atom stereocenters. The molecule has 0 radical (unpaired) electrons. The minimum atomic E-state index is 0.782. The van der Waals surface area contributed by atoms with Gasteiger partial charge in [0.25, 0.3) is 0 Å². The Morgan fingerprint density at radius 2 is 0.714 bits per heavy atom. The van der Waals surface area contributed by atoms with Gasteiger partial charge in [0, 0.05) is 51.9 Å². The summed E-state index contributed by atoms with van der Waals surface area (Å²) in [6, 6.07) is 53.0. The number of hydrogen-bond donors (Lipinski definition) is 0. The lowest BCUT2D eigenvalue weighted by molar-refractivity contribution is 0.998. The third kappa shape index (κ3) is 3.79. The molecule has 258 valence electrons. The second-order valence-electron chi connectivity index (χ2n) is 14.6. The van der Waals surface area contributed by atoms with E-state index >= 15 is 0 Å². The Hall–Kier alpha value is -7.70. The summed E-state index contributed by atoms with van der Waals surface area (Å²) in [5, 5.41) is 13.8. The van der Waals surface area contributed by atoms with Crippen LogP contribution in [0.25, 0.3) is 104 Å². The van der Waals surface area contributed by atoms with Gasteiger partial charge in [-0.3, -0.25) is 18.8 Å². The average molecular weight is 713 g/mol. The normalized spacial score (nSPS) is 12.3. The van der Waals surface area contributed by atoms with Crippen molar-refractivity contribution < 1.29 is 0 Å². The van der Waals surface area contributed by atoms with Gasteiger partial charge in [-0.05, 0) is 66.3 Å². The first kappa shape index (κ1) is 29.7. The minimum Gasteiger partial charge on any atom is -0.276 e. The third-order valence-electron chi connectivity index (χ3n) is 11.8. The molecule has 6 heteroatoms. The Balaban J connectivity index is 1.48. The van der Waals surface area contributed by atoms with E-state index in [0.29, 0.717) is 0 Å². The number of benzene rings is 8. The smallest absolute Gasteiger partial charge is 0.165 e. The van der Waals surface area contributed by atoms with Crippen LogP contribution in [0.4, 0.5) is 0 Å². The second kappa shape index (κ2) is 10.9. The van der Waals surface area contributed by atoms with Crippen molar-refractivity contribution in [2.75, 3.05) is 0 Å². The molecular formula is C50H28N6. The Morgan fingerprint density at radius 3 is 1.20 bits per heavy atom. The molecule has 13 rings (SSSR count). The molecule has 0 aliphatic rings. The molecule has 5 aromatic heterocycles. The molecule has 0 aliphatic heterocycles. The van der Waals surface area contributed by atoms with Crippen molar-refractivity contribution in [3.63, 3.8) is 0 Å². The molecule has 0 saturated carbocycles. The SMILES string of the molecule is c1ccc2c(c1)cc(C(c1cc3ccccc3c3ccccc13)=c1n3c4nccnc4c4cccc(c5cccc6c7nccnc7n1c56)c43)c1ccccc12. The van der Waals surface area contributed by atoms with Crippen molar-refractivity contribution in [3.8, 4) is 0 Å². The van der Waals surface area contributed by atoms with Crippen LogP contribution in [0, 0.1) is 0 Å². The van der Waals surface area contributed by atoms with Crippen LogP contribution < -0.4 is 5.48 Å². The van der Waals surface area contributed by atoms with Crippen LogP contribution in [-0.2, 0) is 0 Å². The summed E-state index contributed by atoms with van der Waals surface area (Å²) in [6.45, 7) is 0. The van der Waals surface area contributed by atoms with Crippen LogP contribution in [0.5, 0.6) is 0 Å². The highest BCUT2D eigenvalue weighted by atomic mass is 15.1. The van der Waals surface area contributed by atoms with Gasteiger partial charge in [0.05, 0.1) is 11.0 Å². The summed E-state index contributed by atoms with van der Waals surface area (Å²) in [5.74, 6) is 0. The predicted molar refractivity (Wildman–Crippen MR) is 229 cm³/mol. The Kier molecular flexibility index (Phi) is 5.80. The topological polar surface area (TPSA) is 60.4 Å². The predicted octanol–water partition coefficient (Wildman–Crippen LogP) is 11.0. The van der Waals surface area contributed by atoms with Crippen LogP contribution in [-0.4, -0.2) is 28.7 Å². The van der Waals surface area contributed by atoms with Crippen molar-refractivity contribution in [2.45, 2.75) is 0 Å². The van der Waals surface area contributed by atoms with E-state index in [1.807, 2.05) is 0 Å². The monoisotopic (exact) mass is 712 g/mol. The zero-order valence-corrected chi connectivity index (χ0v) is 29.8. The maximum absolute atomic E-state index is 5.16. The fraction of sp³-hybridized carbons (Fsp3) is 0. The van der Waals surface area contributed by atoms with E-state index in [2.05, 4.69) is 154 Å². The number of fused-ring (bicyclic) bond motifs is 13. The summed E-state index contributed by atoms with van der Waals surface area (Å²) in [4.78, 5) is 20.3. The van der Waals surface area contributed by atoms with Gasteiger partial charge in [-0.25, -0.2) is 9.97 Å². The molecule has 5 heterocycles. The highest BCUT2D eigenvalue weighted by Crippen LogP contribution is 2.41. The molecule has 0 spiro atoms. The Bertz CT molecular complexity index is 3640. The summed E-state index contributed by atoms with van der Waals surface area (Å²) < 4.78 is 4.73. The van der Waals surface area contributed by atoms with Gasteiger partial charge >= 0.3 is 0 Å². The molecule has 0 fully saturated rings. The van der Waals surface area contributed by atoms with E-state index in [9.17, 15) is 0 Å². The standard InChI is InChI=1S/C50H28N6/c1-3-13-31-29(11-1)27-41(35-17-7-5-15-33(31)35)43(42-28-30-12-2-4-14-32(30)34-16-6-8-18-36(34)42)50-55-46-37(19-9-21-39(46)44-48(55)53-25-23-51-44)38-20-10-22-40-45-49(54-26-24-52-45)56(50)47(38)40/h1-28H. The molecule has 56 heavy (non-hydrogen) atoms. The molecule has 0 N–H and O–H groups in total. The molecule has 13 aromatic rings. The van der Waals surface area contributed by atoms with Crippen LogP contribution in [0.3, 0.4) is 0 Å². The largest absolute Gasteiger partial charge is 0.276 e. The first-order chi connectivity index (χ1) is 27.8. The maximum atomic E-state index is 5.16. The number of hydrogen-bond acceptors (Lipinski definition) is 4. The van der Waals surface area contributed by atoms with E-state index < -0.39 is 0 Å². The van der Waals surface area contributed by atoms with Crippen molar-refractivity contribution in [1.82, 2.24) is 28.7 Å². The first-order valence-corrected chi connectivity index (χ1v) is 18.9. The summed E-state index contributed by atoms with van der Waals surface area (Å²) in [5.41, 5.74) is 9.62. The van der Waals surface area contributed by atoms with Gasteiger partial charge in [-0.2, -0.15) is 0 Å². The van der Waals surface area contributed by atoms with Crippen molar-refractivity contribution in [3.05, 3.63) is 187 Å². The van der Waals surface area contributed by atoms with Gasteiger partial charge in [0.2, 0.25) is 0 Å². The number of nitrogens with zero attached hydrogens (tertiary/aromatic N) is 6. The molecule has 6 nitrogen and oxygen atoms in total. The Morgan fingerprint density at radius 1 is 0.339 bits per heavy atom. The van der Waals surface area contributed by atoms with Crippen LogP contribution in [0.15, 0.2) is 170 Å². The second-order valence-corrected chi connectivity index (χ2v) is 14.6. The van der Waals surface area contributed by atoms with Gasteiger partial charge < -0.3 is 0 Å². The number of rotatable bonds is 2. The molecule has 0 saturated heterocycles. The van der Waals surface area contributed by atoms with Gasteiger partial charge in [-0.1, -0.05) is 133 Å². The van der Waals surface area contributed by atoms with E-state index in [-0.39, 0.29) is 0 Å². The third-order valence-corrected chi connectivity index (χ3v) is 11.8. The fourth-order valence-electron chi connectivity index (χ4n) is 9.61. The quantitative estimate of drug-likeness (QED) is 0.167. The summed E-state index contributed by atoms with van der Waals surface area (Å²) in [7, 11) is 0. The average Bonchev–Trinajstić information content (AvgIpc) is 3.74. The van der Waals surface area contributed by atoms with Gasteiger partial charge in [-0.15, -0.1) is 0 Å². The lowest BCUT2D eigenvalue weighted by atomic mass is 9.86. The highest BCUT2D eigenvalue weighted by Gasteiger charge is 2.25. The molecule has 8 aromatic carbocycles. The zero-order chi connectivity index (χ0) is 36.5. The summed E-state index contributed by atoms with van der Waals surface area (Å²) >= 11 is 0. The Labute approximate surface area is 318 Å². The van der Waals surface area contributed by atoms with E-state index in [0.717, 1.165) is 87.9 Å². The molecule has 0 amide bonds. The fourth-order valence-corrected chi connectivity index (χ4v) is 9.61. The molecular weight excluding hydrogens is 685 g/mol. The lowest BCUT2D eigenvalue weighted by Crippen LogP contribution is -2.25. The zero-order valence-electron chi connectivity index (χ0n) is 29.8. The molecule has 0 aliphatic carbocycles. The highest BCUT2D eigenvalue weighted by molar-refractivity contribution is 6.23. The van der Waals surface area contributed by atoms with E-state index in [4.69, 9.17) is 19.9 Å². The van der Waals surface area contributed by atoms with E-state index in [1.54, 1.807) is 24.8 Å². The number of para-hydroxylation sites is 2. The first-order valence-electron chi connectivity index (χ1n) is 18.9. The van der Waals surface area contributed by atoms with Crippen LogP contribution >= 0.6 is 0 Å². The summed E-state index contributed by atoms with van der Waals surface area (Å²) in [6.07, 6.45) is 7.20. The van der Waals surface area contributed by atoms with Gasteiger partial charge in [0.1, 0.15) is 16.5 Å². The number of aromatic nitrogens is 6. The molecule has 0 atom stereocenters. The van der Waals surface area contributed by atoms with Crippen LogP contribution in [0.2, 0.25) is 0 Å².